The van der Waals surface area contributed by atoms with Crippen molar-refractivity contribution >= 4 is 11.9 Å². The van der Waals surface area contributed by atoms with Gasteiger partial charge in [0.15, 0.2) is 12.2 Å². The van der Waals surface area contributed by atoms with E-state index in [0.717, 1.165) is 19.3 Å². The van der Waals surface area contributed by atoms with E-state index in [1.165, 1.54) is 14.2 Å². The molecule has 0 radical (unpaired) electrons. The fraction of sp³-hybridized carbons (Fsp3) is 0.867. The van der Waals surface area contributed by atoms with Gasteiger partial charge in [0.2, 0.25) is 0 Å². The predicted molar refractivity (Wildman–Crippen MR) is 75.4 cm³/mol. The Morgan fingerprint density at radius 2 is 1.67 bits per heavy atom. The summed E-state index contributed by atoms with van der Waals surface area (Å²) in [7, 11) is 2.49. The molecule has 1 aliphatic rings. The zero-order valence-electron chi connectivity index (χ0n) is 13.5. The molecule has 0 aromatic heterocycles. The molecule has 0 bridgehead atoms. The van der Waals surface area contributed by atoms with E-state index in [2.05, 4.69) is 0 Å². The van der Waals surface area contributed by atoms with Gasteiger partial charge in [-0.15, -0.1) is 0 Å². The van der Waals surface area contributed by atoms with Crippen molar-refractivity contribution in [2.75, 3.05) is 14.2 Å². The van der Waals surface area contributed by atoms with Gasteiger partial charge >= 0.3 is 11.9 Å². The number of carbonyl (C=O) groups excluding carboxylic acids is 2. The molecule has 0 saturated carbocycles. The van der Waals surface area contributed by atoms with Crippen LogP contribution in [0.4, 0.5) is 0 Å². The number of ether oxygens (including phenoxy) is 4. The minimum atomic E-state index is -1.10. The van der Waals surface area contributed by atoms with E-state index in [0.29, 0.717) is 0 Å². The maximum atomic E-state index is 11.9. The second-order valence-electron chi connectivity index (χ2n) is 5.68. The first-order chi connectivity index (χ1) is 9.90. The summed E-state index contributed by atoms with van der Waals surface area (Å²) in [6.07, 6.45) is 1.81. The molecular weight excluding hydrogens is 276 g/mol. The summed E-state index contributed by atoms with van der Waals surface area (Å²) >= 11 is 0. The lowest BCUT2D eigenvalue weighted by molar-refractivity contribution is -0.230. The van der Waals surface area contributed by atoms with E-state index in [4.69, 9.17) is 18.9 Å². The Balaban J connectivity index is 2.85. The van der Waals surface area contributed by atoms with Crippen molar-refractivity contribution in [3.05, 3.63) is 0 Å². The first-order valence-electron chi connectivity index (χ1n) is 7.37. The van der Waals surface area contributed by atoms with Crippen molar-refractivity contribution in [1.29, 1.82) is 0 Å². The van der Waals surface area contributed by atoms with Crippen molar-refractivity contribution in [3.8, 4) is 0 Å². The highest BCUT2D eigenvalue weighted by Crippen LogP contribution is 2.27. The van der Waals surface area contributed by atoms with E-state index in [9.17, 15) is 9.59 Å². The first kappa shape index (κ1) is 17.9. The number of methoxy groups -OCH3 is 2. The zero-order valence-corrected chi connectivity index (χ0v) is 13.5. The summed E-state index contributed by atoms with van der Waals surface area (Å²) in [6.45, 7) is 5.75. The van der Waals surface area contributed by atoms with Crippen molar-refractivity contribution < 1.29 is 28.5 Å². The number of hydrogen-bond donors (Lipinski definition) is 0. The Bertz CT molecular complexity index is 338. The molecule has 1 rings (SSSR count). The predicted octanol–water partition coefficient (Wildman–Crippen LogP) is 1.90. The lowest BCUT2D eigenvalue weighted by atomic mass is 9.92. The van der Waals surface area contributed by atoms with Crippen LogP contribution in [0.15, 0.2) is 0 Å². The fourth-order valence-corrected chi connectivity index (χ4v) is 2.48. The Kier molecular flexibility index (Phi) is 7.11. The zero-order chi connectivity index (χ0) is 16.0. The lowest BCUT2D eigenvalue weighted by Crippen LogP contribution is -2.44. The van der Waals surface area contributed by atoms with E-state index in [-0.39, 0.29) is 12.0 Å². The van der Waals surface area contributed by atoms with Gasteiger partial charge in [0.25, 0.3) is 0 Å². The quantitative estimate of drug-likeness (QED) is 0.551. The summed E-state index contributed by atoms with van der Waals surface area (Å²) in [5.74, 6) is -2.45. The fourth-order valence-electron chi connectivity index (χ4n) is 2.48. The van der Waals surface area contributed by atoms with Crippen LogP contribution in [0.1, 0.15) is 40.0 Å². The summed E-state index contributed by atoms with van der Waals surface area (Å²) in [5, 5.41) is 0. The van der Waals surface area contributed by atoms with Gasteiger partial charge in [0.1, 0.15) is 0 Å². The van der Waals surface area contributed by atoms with Crippen LogP contribution in [0.3, 0.4) is 0 Å². The molecule has 6 heteroatoms. The maximum Gasteiger partial charge on any atom is 0.322 e. The Hall–Kier alpha value is -1.14. The highest BCUT2D eigenvalue weighted by molar-refractivity contribution is 5.95. The SMILES string of the molecule is COC(=O)C(C(=O)OC)[C@H](O[C@@H]1CCC[C@H](C)O1)C(C)C. The average molecular weight is 302 g/mol. The van der Waals surface area contributed by atoms with Gasteiger partial charge in [0, 0.05) is 0 Å². The van der Waals surface area contributed by atoms with Crippen LogP contribution >= 0.6 is 0 Å². The lowest BCUT2D eigenvalue weighted by Gasteiger charge is -2.34. The Morgan fingerprint density at radius 1 is 1.10 bits per heavy atom. The average Bonchev–Trinajstić information content (AvgIpc) is 2.45. The topological polar surface area (TPSA) is 71.1 Å². The molecular formula is C15H26O6. The van der Waals surface area contributed by atoms with Gasteiger partial charge in [0.05, 0.1) is 26.4 Å². The van der Waals surface area contributed by atoms with E-state index < -0.39 is 30.3 Å². The highest BCUT2D eigenvalue weighted by Gasteiger charge is 2.41. The molecule has 0 amide bonds. The molecule has 0 aromatic carbocycles. The molecule has 1 heterocycles. The van der Waals surface area contributed by atoms with Gasteiger partial charge in [-0.2, -0.15) is 0 Å². The van der Waals surface area contributed by atoms with E-state index in [1.807, 2.05) is 20.8 Å². The molecule has 0 aliphatic carbocycles. The van der Waals surface area contributed by atoms with Crippen molar-refractivity contribution in [3.63, 3.8) is 0 Å². The molecule has 1 saturated heterocycles. The molecule has 21 heavy (non-hydrogen) atoms. The van der Waals surface area contributed by atoms with E-state index >= 15 is 0 Å². The second-order valence-corrected chi connectivity index (χ2v) is 5.68. The number of rotatable bonds is 6. The summed E-state index contributed by atoms with van der Waals surface area (Å²) in [5.41, 5.74) is 0. The Labute approximate surface area is 126 Å². The van der Waals surface area contributed by atoms with Gasteiger partial charge in [-0.25, -0.2) is 0 Å². The molecule has 6 nitrogen and oxygen atoms in total. The Morgan fingerprint density at radius 3 is 2.10 bits per heavy atom. The van der Waals surface area contributed by atoms with Crippen LogP contribution in [-0.2, 0) is 28.5 Å². The van der Waals surface area contributed by atoms with Crippen LogP contribution in [0.2, 0.25) is 0 Å². The summed E-state index contributed by atoms with van der Waals surface area (Å²) in [4.78, 5) is 23.8. The van der Waals surface area contributed by atoms with E-state index in [1.54, 1.807) is 0 Å². The molecule has 0 unspecified atom stereocenters. The van der Waals surface area contributed by atoms with Crippen LogP contribution in [0.25, 0.3) is 0 Å². The number of esters is 2. The normalized spacial score (nSPS) is 24.0. The largest absolute Gasteiger partial charge is 0.468 e. The standard InChI is InChI=1S/C15H26O6/c1-9(2)13(12(14(16)18-4)15(17)19-5)21-11-8-6-7-10(3)20-11/h9-13H,6-8H2,1-5H3/t10-,11+,13+/m0/s1. The molecule has 3 atom stereocenters. The van der Waals surface area contributed by atoms with Crippen molar-refractivity contribution in [2.45, 2.75) is 58.5 Å². The molecule has 1 fully saturated rings. The van der Waals surface area contributed by atoms with Crippen LogP contribution < -0.4 is 0 Å². The first-order valence-corrected chi connectivity index (χ1v) is 7.37. The number of carbonyl (C=O) groups is 2. The van der Waals surface area contributed by atoms with Crippen LogP contribution in [0, 0.1) is 11.8 Å². The van der Waals surface area contributed by atoms with Crippen molar-refractivity contribution in [1.82, 2.24) is 0 Å². The van der Waals surface area contributed by atoms with Gasteiger partial charge in [-0.1, -0.05) is 13.8 Å². The molecule has 0 N–H and O–H groups in total. The molecule has 122 valence electrons. The van der Waals surface area contributed by atoms with Gasteiger partial charge in [-0.05, 0) is 32.1 Å². The summed E-state index contributed by atoms with van der Waals surface area (Å²) < 4.78 is 21.1. The third-order valence-corrected chi connectivity index (χ3v) is 3.64. The molecule has 1 aliphatic heterocycles. The van der Waals surface area contributed by atoms with Gasteiger partial charge in [-0.3, -0.25) is 9.59 Å². The van der Waals surface area contributed by atoms with Crippen LogP contribution in [-0.4, -0.2) is 44.7 Å². The third kappa shape index (κ3) is 4.97. The number of hydrogen-bond acceptors (Lipinski definition) is 6. The van der Waals surface area contributed by atoms with Gasteiger partial charge < -0.3 is 18.9 Å². The minimum absolute atomic E-state index is 0.0611. The molecule has 0 spiro atoms. The van der Waals surface area contributed by atoms with Crippen molar-refractivity contribution in [2.24, 2.45) is 11.8 Å². The maximum absolute atomic E-state index is 11.9. The molecule has 0 aromatic rings. The summed E-state index contributed by atoms with van der Waals surface area (Å²) in [6, 6.07) is 0. The smallest absolute Gasteiger partial charge is 0.322 e. The monoisotopic (exact) mass is 302 g/mol. The third-order valence-electron chi connectivity index (χ3n) is 3.64. The highest BCUT2D eigenvalue weighted by atomic mass is 16.7. The minimum Gasteiger partial charge on any atom is -0.468 e. The second kappa shape index (κ2) is 8.34. The van der Waals surface area contributed by atoms with Crippen LogP contribution in [0.5, 0.6) is 0 Å².